The summed E-state index contributed by atoms with van der Waals surface area (Å²) in [5, 5.41) is 19.3. The van der Waals surface area contributed by atoms with Gasteiger partial charge in [-0.1, -0.05) is 18.2 Å². The third kappa shape index (κ3) is 4.97. The van der Waals surface area contributed by atoms with Gasteiger partial charge in [-0.25, -0.2) is 13.4 Å². The molecule has 5 heterocycles. The van der Waals surface area contributed by atoms with E-state index in [-0.39, 0.29) is 23.9 Å². The normalized spacial score (nSPS) is 19.4. The third-order valence-corrected chi connectivity index (χ3v) is 10.3. The predicted octanol–water partition coefficient (Wildman–Crippen LogP) is 4.15. The Hall–Kier alpha value is -3.83. The van der Waals surface area contributed by atoms with E-state index in [9.17, 15) is 18.3 Å². The van der Waals surface area contributed by atoms with Crippen molar-refractivity contribution in [2.24, 2.45) is 7.05 Å². The number of hydrogen-bond donors (Lipinski definition) is 1. The van der Waals surface area contributed by atoms with Crippen LogP contribution in [0.3, 0.4) is 0 Å². The molecule has 0 spiro atoms. The molecule has 0 unspecified atom stereocenters. The molecule has 0 saturated carbocycles. The van der Waals surface area contributed by atoms with Crippen LogP contribution in [-0.4, -0.2) is 62.7 Å². The number of aromatic nitrogens is 4. The molecule has 10 nitrogen and oxygen atoms in total. The quantitative estimate of drug-likeness (QED) is 0.365. The van der Waals surface area contributed by atoms with Gasteiger partial charge < -0.3 is 14.6 Å². The average molecular weight is 575 g/mol. The highest BCUT2D eigenvalue weighted by Gasteiger charge is 2.39. The summed E-state index contributed by atoms with van der Waals surface area (Å²) in [7, 11) is -1.94. The lowest BCUT2D eigenvalue weighted by Gasteiger charge is -2.36. The zero-order valence-electron chi connectivity index (χ0n) is 23.5. The van der Waals surface area contributed by atoms with E-state index in [2.05, 4.69) is 20.1 Å². The molecular weight excluding hydrogens is 540 g/mol. The maximum atomic E-state index is 14.0. The third-order valence-electron chi connectivity index (χ3n) is 8.47. The topological polar surface area (TPSA) is 122 Å². The Labute approximate surface area is 239 Å². The van der Waals surface area contributed by atoms with Gasteiger partial charge in [0.05, 0.1) is 12.1 Å². The molecule has 11 heteroatoms. The van der Waals surface area contributed by atoms with Gasteiger partial charge in [0.25, 0.3) is 0 Å². The minimum absolute atomic E-state index is 0.0540. The van der Waals surface area contributed by atoms with Gasteiger partial charge in [0.1, 0.15) is 10.7 Å². The number of carboxylic acid groups (broad SMARTS) is 1. The van der Waals surface area contributed by atoms with E-state index in [0.717, 1.165) is 59.3 Å². The van der Waals surface area contributed by atoms with E-state index in [1.54, 1.807) is 22.6 Å². The molecule has 1 N–H and O–H groups in total. The number of piperidine rings is 1. The van der Waals surface area contributed by atoms with Gasteiger partial charge in [-0.05, 0) is 74.1 Å². The number of sulfonamides is 1. The number of anilines is 1. The molecule has 1 aromatic carbocycles. The van der Waals surface area contributed by atoms with Crippen LogP contribution in [-0.2, 0) is 28.4 Å². The minimum Gasteiger partial charge on any atom is -0.481 e. The summed E-state index contributed by atoms with van der Waals surface area (Å²) in [5.41, 5.74) is 4.91. The highest BCUT2D eigenvalue weighted by molar-refractivity contribution is 7.89. The standard InChI is InChI=1S/C30H34N6O4S/c1-19-9-10-21(25(16-28(37)38)26-15-22-13-20(2)32-33-29(22)34(26)3)14-23(19)17-35-18-24-7-4-5-12-36(24)30-27(41(35,39)40)8-6-11-31-30/h6,8-11,13-15,24-25H,4-5,7,12,16-18H2,1-3H3,(H,37,38)/t24-,25+/m0/s1. The number of carboxylic acids is 1. The summed E-state index contributed by atoms with van der Waals surface area (Å²) in [4.78, 5) is 18.9. The van der Waals surface area contributed by atoms with Crippen LogP contribution in [0.25, 0.3) is 11.0 Å². The van der Waals surface area contributed by atoms with E-state index in [1.165, 1.54) is 0 Å². The summed E-state index contributed by atoms with van der Waals surface area (Å²) in [6.07, 6.45) is 4.52. The molecule has 0 aliphatic carbocycles. The van der Waals surface area contributed by atoms with E-state index in [0.29, 0.717) is 18.0 Å². The van der Waals surface area contributed by atoms with Crippen molar-refractivity contribution in [3.05, 3.63) is 76.7 Å². The molecule has 41 heavy (non-hydrogen) atoms. The number of aryl methyl sites for hydroxylation is 3. The van der Waals surface area contributed by atoms with E-state index in [1.807, 2.05) is 55.8 Å². The molecule has 6 rings (SSSR count). The number of nitrogens with zero attached hydrogens (tertiary/aromatic N) is 6. The van der Waals surface area contributed by atoms with Gasteiger partial charge in [-0.15, -0.1) is 5.10 Å². The van der Waals surface area contributed by atoms with Crippen molar-refractivity contribution in [2.45, 2.75) is 62.9 Å². The summed E-state index contributed by atoms with van der Waals surface area (Å²) < 4.78 is 31.5. The summed E-state index contributed by atoms with van der Waals surface area (Å²) >= 11 is 0. The fourth-order valence-electron chi connectivity index (χ4n) is 6.31. The smallest absolute Gasteiger partial charge is 0.304 e. The number of rotatable bonds is 6. The first-order valence-electron chi connectivity index (χ1n) is 14.0. The molecule has 2 atom stereocenters. The first kappa shape index (κ1) is 27.3. The van der Waals surface area contributed by atoms with Crippen LogP contribution in [0.15, 0.2) is 53.6 Å². The van der Waals surface area contributed by atoms with Crippen LogP contribution < -0.4 is 4.90 Å². The summed E-state index contributed by atoms with van der Waals surface area (Å²) in [6, 6.07) is 13.2. The second-order valence-electron chi connectivity index (χ2n) is 11.2. The molecule has 2 aliphatic rings. The van der Waals surface area contributed by atoms with Gasteiger partial charge >= 0.3 is 5.97 Å². The highest BCUT2D eigenvalue weighted by Crippen LogP contribution is 2.37. The van der Waals surface area contributed by atoms with Crippen molar-refractivity contribution in [1.82, 2.24) is 24.1 Å². The highest BCUT2D eigenvalue weighted by atomic mass is 32.2. The molecule has 0 amide bonds. The number of fused-ring (bicyclic) bond motifs is 4. The number of carbonyl (C=O) groups is 1. The van der Waals surface area contributed by atoms with Crippen LogP contribution in [0.1, 0.15) is 59.7 Å². The van der Waals surface area contributed by atoms with Crippen molar-refractivity contribution in [1.29, 1.82) is 0 Å². The molecule has 4 aromatic rings. The Balaban J connectivity index is 1.40. The maximum absolute atomic E-state index is 14.0. The van der Waals surface area contributed by atoms with Gasteiger partial charge in [-0.2, -0.15) is 9.40 Å². The minimum atomic E-state index is -3.81. The Bertz CT molecular complexity index is 1750. The van der Waals surface area contributed by atoms with Gasteiger partial charge in [-0.3, -0.25) is 4.79 Å². The summed E-state index contributed by atoms with van der Waals surface area (Å²) in [5.74, 6) is -0.826. The van der Waals surface area contributed by atoms with Crippen LogP contribution in [0, 0.1) is 13.8 Å². The number of aliphatic carboxylic acids is 1. The van der Waals surface area contributed by atoms with Crippen molar-refractivity contribution in [3.63, 3.8) is 0 Å². The van der Waals surface area contributed by atoms with E-state index >= 15 is 0 Å². The molecule has 214 valence electrons. The van der Waals surface area contributed by atoms with Crippen LogP contribution in [0.5, 0.6) is 0 Å². The Morgan fingerprint density at radius 1 is 1.12 bits per heavy atom. The van der Waals surface area contributed by atoms with Crippen molar-refractivity contribution >= 4 is 32.8 Å². The van der Waals surface area contributed by atoms with Crippen molar-refractivity contribution in [3.8, 4) is 0 Å². The van der Waals surface area contributed by atoms with Crippen LogP contribution in [0.2, 0.25) is 0 Å². The lowest BCUT2D eigenvalue weighted by molar-refractivity contribution is -0.137. The van der Waals surface area contributed by atoms with Crippen molar-refractivity contribution < 1.29 is 18.3 Å². The number of pyridine rings is 1. The molecular formula is C30H34N6O4S. The number of hydrogen-bond acceptors (Lipinski definition) is 7. The van der Waals surface area contributed by atoms with E-state index < -0.39 is 21.9 Å². The van der Waals surface area contributed by atoms with Gasteiger partial charge in [0.15, 0.2) is 5.65 Å². The number of benzene rings is 1. The SMILES string of the molecule is Cc1cc2cc([C@H](CC(=O)O)c3ccc(C)c(CN4C[C@@H]5CCCCN5c5ncccc5S4(=O)=O)c3)n(C)c2nn1. The maximum Gasteiger partial charge on any atom is 0.304 e. The monoisotopic (exact) mass is 574 g/mol. The van der Waals surface area contributed by atoms with E-state index in [4.69, 9.17) is 0 Å². The zero-order valence-corrected chi connectivity index (χ0v) is 24.3. The molecule has 0 radical (unpaired) electrons. The fraction of sp³-hybridized carbons (Fsp3) is 0.400. The molecule has 1 fully saturated rings. The van der Waals surface area contributed by atoms with Gasteiger partial charge in [0, 0.05) is 55.9 Å². The van der Waals surface area contributed by atoms with Crippen LogP contribution in [0.4, 0.5) is 5.82 Å². The summed E-state index contributed by atoms with van der Waals surface area (Å²) in [6.45, 7) is 5.20. The zero-order chi connectivity index (χ0) is 28.9. The van der Waals surface area contributed by atoms with Crippen LogP contribution >= 0.6 is 0 Å². The van der Waals surface area contributed by atoms with Crippen molar-refractivity contribution in [2.75, 3.05) is 18.0 Å². The Morgan fingerprint density at radius 2 is 1.95 bits per heavy atom. The Kier molecular flexibility index (Phi) is 7.03. The molecule has 1 saturated heterocycles. The lowest BCUT2D eigenvalue weighted by atomic mass is 9.89. The average Bonchev–Trinajstić information content (AvgIpc) is 3.23. The Morgan fingerprint density at radius 3 is 2.76 bits per heavy atom. The second kappa shape index (κ2) is 10.5. The fourth-order valence-corrected chi connectivity index (χ4v) is 7.92. The predicted molar refractivity (Wildman–Crippen MR) is 155 cm³/mol. The first-order valence-corrected chi connectivity index (χ1v) is 15.4. The molecule has 2 aliphatic heterocycles. The molecule has 3 aromatic heterocycles. The second-order valence-corrected chi connectivity index (χ2v) is 13.1. The largest absolute Gasteiger partial charge is 0.481 e. The van der Waals surface area contributed by atoms with Gasteiger partial charge in [0.2, 0.25) is 10.0 Å². The first-order chi connectivity index (χ1) is 19.6. The molecule has 0 bridgehead atoms. The lowest BCUT2D eigenvalue weighted by Crippen LogP contribution is -2.45.